The molecule has 12 heavy (non-hydrogen) atoms. The van der Waals surface area contributed by atoms with Gasteiger partial charge in [0.05, 0.1) is 7.11 Å². The maximum Gasteiger partial charge on any atom is 0.128 e. The summed E-state index contributed by atoms with van der Waals surface area (Å²) in [5, 5.41) is 3.34. The summed E-state index contributed by atoms with van der Waals surface area (Å²) in [5.74, 6) is 0.808. The summed E-state index contributed by atoms with van der Waals surface area (Å²) in [6.45, 7) is 1.07. The Hall–Kier alpha value is -1.18. The van der Waals surface area contributed by atoms with E-state index in [2.05, 4.69) is 11.4 Å². The van der Waals surface area contributed by atoms with Crippen LogP contribution in [0.15, 0.2) is 12.1 Å². The van der Waals surface area contributed by atoms with Crippen molar-refractivity contribution in [1.82, 2.24) is 0 Å². The molecule has 0 spiro atoms. The lowest BCUT2D eigenvalue weighted by molar-refractivity contribution is 0.414. The molecule has 0 amide bonds. The molecule has 2 heteroatoms. The van der Waals surface area contributed by atoms with Gasteiger partial charge in [-0.2, -0.15) is 0 Å². The van der Waals surface area contributed by atoms with Gasteiger partial charge in [-0.15, -0.1) is 0 Å². The lowest BCUT2D eigenvalue weighted by atomic mass is 10.0. The summed E-state index contributed by atoms with van der Waals surface area (Å²) in [5.41, 5.74) is 2.55. The average Bonchev–Trinajstić information content (AvgIpc) is 2.17. The fourth-order valence-electron chi connectivity index (χ4n) is 1.49. The van der Waals surface area contributed by atoms with Crippen LogP contribution in [0.25, 0.3) is 0 Å². The topological polar surface area (TPSA) is 21.3 Å². The van der Waals surface area contributed by atoms with Crippen LogP contribution in [0.4, 0.5) is 5.69 Å². The van der Waals surface area contributed by atoms with Crippen LogP contribution in [0.5, 0.6) is 5.75 Å². The van der Waals surface area contributed by atoms with Crippen LogP contribution in [0.3, 0.4) is 0 Å². The highest BCUT2D eigenvalue weighted by molar-refractivity contribution is 5.56. The number of hydrogen-bond donors (Lipinski definition) is 1. The van der Waals surface area contributed by atoms with Crippen LogP contribution in [-0.4, -0.2) is 13.7 Å². The first-order chi connectivity index (χ1) is 5.90. The van der Waals surface area contributed by atoms with Crippen LogP contribution in [0.2, 0.25) is 0 Å². The summed E-state index contributed by atoms with van der Waals surface area (Å²) in [4.78, 5) is 0. The van der Waals surface area contributed by atoms with Gasteiger partial charge in [0.25, 0.3) is 0 Å². The smallest absolute Gasteiger partial charge is 0.128 e. The SMILES string of the molecule is COc1[c]cc2c(c1)NCCC2. The Labute approximate surface area is 72.5 Å². The molecule has 1 aromatic carbocycles. The Morgan fingerprint density at radius 1 is 1.58 bits per heavy atom. The predicted molar refractivity (Wildman–Crippen MR) is 48.6 cm³/mol. The second-order valence-corrected chi connectivity index (χ2v) is 2.97. The second kappa shape index (κ2) is 3.05. The van der Waals surface area contributed by atoms with Crippen molar-refractivity contribution in [1.29, 1.82) is 0 Å². The molecule has 0 aromatic heterocycles. The Bertz CT molecular complexity index is 283. The summed E-state index contributed by atoms with van der Waals surface area (Å²) in [7, 11) is 1.67. The molecule has 1 aromatic rings. The lowest BCUT2D eigenvalue weighted by Gasteiger charge is -2.17. The molecule has 2 rings (SSSR count). The number of rotatable bonds is 1. The first-order valence-corrected chi connectivity index (χ1v) is 4.22. The van der Waals surface area contributed by atoms with Gasteiger partial charge >= 0.3 is 0 Å². The summed E-state index contributed by atoms with van der Waals surface area (Å²) in [6, 6.07) is 7.11. The Morgan fingerprint density at radius 3 is 3.33 bits per heavy atom. The zero-order valence-corrected chi connectivity index (χ0v) is 7.18. The van der Waals surface area contributed by atoms with Crippen molar-refractivity contribution in [3.8, 4) is 5.75 Å². The van der Waals surface area contributed by atoms with E-state index in [1.165, 1.54) is 17.7 Å². The fourth-order valence-corrected chi connectivity index (χ4v) is 1.49. The highest BCUT2D eigenvalue weighted by Gasteiger charge is 2.08. The third-order valence-electron chi connectivity index (χ3n) is 2.17. The number of nitrogens with one attached hydrogen (secondary N) is 1. The molecule has 0 fully saturated rings. The molecule has 2 nitrogen and oxygen atoms in total. The molecule has 0 saturated carbocycles. The largest absolute Gasteiger partial charge is 0.496 e. The number of hydrogen-bond acceptors (Lipinski definition) is 2. The van der Waals surface area contributed by atoms with E-state index in [4.69, 9.17) is 4.74 Å². The minimum atomic E-state index is 0.808. The van der Waals surface area contributed by atoms with Gasteiger partial charge in [0, 0.05) is 24.4 Å². The molecule has 1 aliphatic rings. The van der Waals surface area contributed by atoms with Gasteiger partial charge in [-0.3, -0.25) is 0 Å². The van der Waals surface area contributed by atoms with Crippen molar-refractivity contribution in [2.45, 2.75) is 12.8 Å². The quantitative estimate of drug-likeness (QED) is 0.680. The van der Waals surface area contributed by atoms with Gasteiger partial charge in [0.1, 0.15) is 5.75 Å². The second-order valence-electron chi connectivity index (χ2n) is 2.97. The van der Waals surface area contributed by atoms with E-state index >= 15 is 0 Å². The summed E-state index contributed by atoms with van der Waals surface area (Å²) >= 11 is 0. The zero-order valence-electron chi connectivity index (χ0n) is 7.18. The van der Waals surface area contributed by atoms with Crippen LogP contribution >= 0.6 is 0 Å². The standard InChI is InChI=1S/C10H12NO/c1-12-9-5-4-8-3-2-6-11-10(8)7-9/h4,7,11H,2-3,6H2,1H3. The predicted octanol–water partition coefficient (Wildman–Crippen LogP) is 1.85. The van der Waals surface area contributed by atoms with Crippen molar-refractivity contribution < 1.29 is 4.74 Å². The number of methoxy groups -OCH3 is 1. The van der Waals surface area contributed by atoms with Crippen molar-refractivity contribution in [3.63, 3.8) is 0 Å². The van der Waals surface area contributed by atoms with Gasteiger partial charge in [0.2, 0.25) is 0 Å². The third kappa shape index (κ3) is 1.24. The van der Waals surface area contributed by atoms with Crippen molar-refractivity contribution in [3.05, 3.63) is 23.8 Å². The van der Waals surface area contributed by atoms with Crippen LogP contribution in [0, 0.1) is 6.07 Å². The fraction of sp³-hybridized carbons (Fsp3) is 0.400. The van der Waals surface area contributed by atoms with Crippen LogP contribution in [0.1, 0.15) is 12.0 Å². The van der Waals surface area contributed by atoms with Crippen LogP contribution < -0.4 is 10.1 Å². The molecule has 1 N–H and O–H groups in total. The minimum Gasteiger partial charge on any atom is -0.496 e. The van der Waals surface area contributed by atoms with Crippen molar-refractivity contribution >= 4 is 5.69 Å². The molecule has 0 unspecified atom stereocenters. The monoisotopic (exact) mass is 162 g/mol. The third-order valence-corrected chi connectivity index (χ3v) is 2.17. The normalized spacial score (nSPS) is 14.8. The van der Waals surface area contributed by atoms with Crippen molar-refractivity contribution in [2.24, 2.45) is 0 Å². The van der Waals surface area contributed by atoms with E-state index in [-0.39, 0.29) is 0 Å². The summed E-state index contributed by atoms with van der Waals surface area (Å²) in [6.07, 6.45) is 2.37. The van der Waals surface area contributed by atoms with E-state index in [0.717, 1.165) is 18.7 Å². The van der Waals surface area contributed by atoms with Gasteiger partial charge in [0.15, 0.2) is 0 Å². The minimum absolute atomic E-state index is 0.808. The van der Waals surface area contributed by atoms with Gasteiger partial charge in [-0.1, -0.05) is 0 Å². The molecular weight excluding hydrogens is 150 g/mol. The van der Waals surface area contributed by atoms with E-state index in [0.29, 0.717) is 0 Å². The number of benzene rings is 1. The van der Waals surface area contributed by atoms with Gasteiger partial charge in [-0.25, -0.2) is 0 Å². The molecule has 0 aliphatic carbocycles. The number of fused-ring (bicyclic) bond motifs is 1. The molecule has 0 bridgehead atoms. The van der Waals surface area contributed by atoms with E-state index in [9.17, 15) is 0 Å². The molecule has 0 saturated heterocycles. The Kier molecular flexibility index (Phi) is 1.90. The molecule has 1 aliphatic heterocycles. The maximum absolute atomic E-state index is 5.08. The first-order valence-electron chi connectivity index (χ1n) is 4.22. The summed E-state index contributed by atoms with van der Waals surface area (Å²) < 4.78 is 5.08. The number of anilines is 1. The van der Waals surface area contributed by atoms with E-state index < -0.39 is 0 Å². The average molecular weight is 162 g/mol. The van der Waals surface area contributed by atoms with Gasteiger partial charge in [-0.05, 0) is 24.5 Å². The molecular formula is C10H12NO. The number of ether oxygens (including phenoxy) is 1. The highest BCUT2D eigenvalue weighted by Crippen LogP contribution is 2.25. The van der Waals surface area contributed by atoms with Crippen molar-refractivity contribution in [2.75, 3.05) is 19.0 Å². The highest BCUT2D eigenvalue weighted by atomic mass is 16.5. The molecule has 1 radical (unpaired) electrons. The lowest BCUT2D eigenvalue weighted by Crippen LogP contribution is -2.11. The molecule has 63 valence electrons. The van der Waals surface area contributed by atoms with Crippen LogP contribution in [-0.2, 0) is 6.42 Å². The van der Waals surface area contributed by atoms with Gasteiger partial charge < -0.3 is 10.1 Å². The Balaban J connectivity index is 2.36. The molecule has 1 heterocycles. The Morgan fingerprint density at radius 2 is 2.50 bits per heavy atom. The molecule has 0 atom stereocenters. The zero-order chi connectivity index (χ0) is 8.39. The first kappa shape index (κ1) is 7.47. The van der Waals surface area contributed by atoms with E-state index in [1.54, 1.807) is 7.11 Å². The number of aryl methyl sites for hydroxylation is 1. The maximum atomic E-state index is 5.08. The van der Waals surface area contributed by atoms with E-state index in [1.807, 2.05) is 12.1 Å².